The number of rotatable bonds is 2. The Hall–Kier alpha value is -1.82. The lowest BCUT2D eigenvalue weighted by Crippen LogP contribution is -2.07. The minimum absolute atomic E-state index is 0.120. The Balaban J connectivity index is 2.08. The molecule has 0 heterocycles. The van der Waals surface area contributed by atoms with Crippen molar-refractivity contribution in [1.29, 1.82) is 5.26 Å². The van der Waals surface area contributed by atoms with Gasteiger partial charge in [-0.2, -0.15) is 5.26 Å². The number of methoxy groups -OCH3 is 1. The van der Waals surface area contributed by atoms with Crippen LogP contribution in [-0.2, 0) is 4.74 Å². The van der Waals surface area contributed by atoms with E-state index in [-0.39, 0.29) is 5.56 Å². The number of benzene rings is 1. The molecule has 1 saturated carbocycles. The summed E-state index contributed by atoms with van der Waals surface area (Å²) in [6.45, 7) is 0. The lowest BCUT2D eigenvalue weighted by molar-refractivity contribution is 0.326. The largest absolute Gasteiger partial charge is 0.504 e. The number of nitrogens with zero attached hydrogens (tertiary/aromatic N) is 1. The molecule has 2 rings (SSSR count). The zero-order valence-corrected chi connectivity index (χ0v) is 10.4. The second kappa shape index (κ2) is 5.68. The maximum Gasteiger partial charge on any atom is 0.141 e. The summed E-state index contributed by atoms with van der Waals surface area (Å²) < 4.78 is 18.6. The van der Waals surface area contributed by atoms with E-state index >= 15 is 0 Å². The van der Waals surface area contributed by atoms with Crippen LogP contribution in [0.4, 0.5) is 4.39 Å². The molecule has 0 atom stereocenters. The van der Waals surface area contributed by atoms with E-state index in [1.807, 2.05) is 18.4 Å². The van der Waals surface area contributed by atoms with Gasteiger partial charge in [0, 0.05) is 0 Å². The van der Waals surface area contributed by atoms with Gasteiger partial charge >= 0.3 is 0 Å². The first-order valence-electron chi connectivity index (χ1n) is 6.15. The third-order valence-electron chi connectivity index (χ3n) is 3.50. The van der Waals surface area contributed by atoms with Crippen LogP contribution in [0.1, 0.15) is 42.7 Å². The monoisotopic (exact) mass is 245 g/mol. The van der Waals surface area contributed by atoms with E-state index in [0.717, 1.165) is 31.2 Å². The zero-order chi connectivity index (χ0) is 13.0. The summed E-state index contributed by atoms with van der Waals surface area (Å²) in [5, 5.41) is 8.70. The van der Waals surface area contributed by atoms with Crippen LogP contribution in [0.25, 0.3) is 0 Å². The van der Waals surface area contributed by atoms with Crippen LogP contribution >= 0.6 is 0 Å². The van der Waals surface area contributed by atoms with Gasteiger partial charge in [-0.1, -0.05) is 6.07 Å². The highest BCUT2D eigenvalue weighted by atomic mass is 19.1. The molecule has 18 heavy (non-hydrogen) atoms. The highest BCUT2D eigenvalue weighted by Crippen LogP contribution is 2.35. The summed E-state index contributed by atoms with van der Waals surface area (Å²) in [5.74, 6) is -0.0190. The second-order valence-corrected chi connectivity index (χ2v) is 4.64. The van der Waals surface area contributed by atoms with Crippen LogP contribution in [0, 0.1) is 17.1 Å². The Bertz CT molecular complexity index is 492. The molecular formula is C15H16FNO. The van der Waals surface area contributed by atoms with Crippen molar-refractivity contribution < 1.29 is 9.13 Å². The van der Waals surface area contributed by atoms with E-state index in [0.29, 0.717) is 5.92 Å². The second-order valence-electron chi connectivity index (χ2n) is 4.64. The predicted molar refractivity (Wildman–Crippen MR) is 67.4 cm³/mol. The molecule has 0 spiro atoms. The van der Waals surface area contributed by atoms with Gasteiger partial charge in [-0.05, 0) is 54.9 Å². The van der Waals surface area contributed by atoms with Crippen molar-refractivity contribution in [3.63, 3.8) is 0 Å². The molecule has 0 unspecified atom stereocenters. The number of hydrogen-bond donors (Lipinski definition) is 0. The summed E-state index contributed by atoms with van der Waals surface area (Å²) in [4.78, 5) is 0. The van der Waals surface area contributed by atoms with Crippen LogP contribution in [0.2, 0.25) is 0 Å². The van der Waals surface area contributed by atoms with Crippen molar-refractivity contribution in [2.24, 2.45) is 0 Å². The molecule has 0 aliphatic heterocycles. The van der Waals surface area contributed by atoms with E-state index in [9.17, 15) is 4.39 Å². The molecule has 2 nitrogen and oxygen atoms in total. The third-order valence-corrected chi connectivity index (χ3v) is 3.50. The van der Waals surface area contributed by atoms with Crippen molar-refractivity contribution in [2.45, 2.75) is 31.6 Å². The van der Waals surface area contributed by atoms with Gasteiger partial charge in [0.2, 0.25) is 0 Å². The molecule has 1 fully saturated rings. The standard InChI is InChI=1S/C15H16FNO/c1-18-10-11-2-4-12(5-3-11)13-6-7-14(9-17)15(16)8-13/h6-8,10,12H,2-5H2,1H3. The Morgan fingerprint density at radius 2 is 2.11 bits per heavy atom. The molecule has 1 aromatic carbocycles. The van der Waals surface area contributed by atoms with E-state index in [1.54, 1.807) is 13.2 Å². The van der Waals surface area contributed by atoms with Gasteiger partial charge in [-0.25, -0.2) is 4.39 Å². The summed E-state index contributed by atoms with van der Waals surface area (Å²) in [7, 11) is 1.66. The Morgan fingerprint density at radius 1 is 1.39 bits per heavy atom. The first-order chi connectivity index (χ1) is 8.74. The molecule has 94 valence electrons. The molecular weight excluding hydrogens is 229 g/mol. The maximum absolute atomic E-state index is 13.5. The molecule has 0 amide bonds. The van der Waals surface area contributed by atoms with Crippen LogP contribution in [0.3, 0.4) is 0 Å². The average molecular weight is 245 g/mol. The highest BCUT2D eigenvalue weighted by molar-refractivity contribution is 5.35. The van der Waals surface area contributed by atoms with Gasteiger partial charge in [0.05, 0.1) is 18.9 Å². The number of ether oxygens (including phenoxy) is 1. The van der Waals surface area contributed by atoms with Gasteiger partial charge in [0.1, 0.15) is 11.9 Å². The molecule has 3 heteroatoms. The van der Waals surface area contributed by atoms with Crippen molar-refractivity contribution in [3.05, 3.63) is 47.0 Å². The van der Waals surface area contributed by atoms with Crippen LogP contribution in [0.15, 0.2) is 30.0 Å². The quantitative estimate of drug-likeness (QED) is 0.741. The zero-order valence-electron chi connectivity index (χ0n) is 10.4. The molecule has 0 bridgehead atoms. The van der Waals surface area contributed by atoms with Gasteiger partial charge in [0.25, 0.3) is 0 Å². The predicted octanol–water partition coefficient (Wildman–Crippen LogP) is 3.89. The SMILES string of the molecule is COC=C1CCC(c2ccc(C#N)c(F)c2)CC1. The summed E-state index contributed by atoms with van der Waals surface area (Å²) in [6.07, 6.45) is 5.84. The minimum Gasteiger partial charge on any atom is -0.504 e. The Kier molecular flexibility index (Phi) is 3.99. The molecule has 1 aromatic rings. The molecule has 0 N–H and O–H groups in total. The molecule has 0 radical (unpaired) electrons. The number of nitriles is 1. The summed E-state index contributed by atoms with van der Waals surface area (Å²) in [6, 6.07) is 6.80. The fourth-order valence-corrected chi connectivity index (χ4v) is 2.48. The van der Waals surface area contributed by atoms with Crippen LogP contribution < -0.4 is 0 Å². The molecule has 0 saturated heterocycles. The average Bonchev–Trinajstić information content (AvgIpc) is 2.40. The van der Waals surface area contributed by atoms with Crippen molar-refractivity contribution in [3.8, 4) is 6.07 Å². The number of allylic oxidation sites excluding steroid dienone is 1. The van der Waals surface area contributed by atoms with E-state index in [4.69, 9.17) is 10.00 Å². The minimum atomic E-state index is -0.409. The van der Waals surface area contributed by atoms with Gasteiger partial charge < -0.3 is 4.74 Å². The first-order valence-corrected chi connectivity index (χ1v) is 6.15. The highest BCUT2D eigenvalue weighted by Gasteiger charge is 2.19. The smallest absolute Gasteiger partial charge is 0.141 e. The third kappa shape index (κ3) is 2.70. The van der Waals surface area contributed by atoms with Gasteiger partial charge in [-0.3, -0.25) is 0 Å². The Morgan fingerprint density at radius 3 is 2.67 bits per heavy atom. The maximum atomic E-state index is 13.5. The Labute approximate surface area is 107 Å². The molecule has 0 aromatic heterocycles. The first kappa shape index (κ1) is 12.6. The normalized spacial score (nSPS) is 19.2. The summed E-state index contributed by atoms with van der Waals surface area (Å²) in [5.41, 5.74) is 2.44. The van der Waals surface area contributed by atoms with Crippen LogP contribution in [-0.4, -0.2) is 7.11 Å². The lowest BCUT2D eigenvalue weighted by atomic mass is 9.82. The van der Waals surface area contributed by atoms with Crippen molar-refractivity contribution >= 4 is 0 Å². The molecule has 1 aliphatic rings. The lowest BCUT2D eigenvalue weighted by Gasteiger charge is -2.24. The number of halogens is 1. The van der Waals surface area contributed by atoms with Gasteiger partial charge in [0.15, 0.2) is 0 Å². The molecule has 1 aliphatic carbocycles. The number of hydrogen-bond acceptors (Lipinski definition) is 2. The van der Waals surface area contributed by atoms with Crippen molar-refractivity contribution in [1.82, 2.24) is 0 Å². The fraction of sp³-hybridized carbons (Fsp3) is 0.400. The van der Waals surface area contributed by atoms with Gasteiger partial charge in [-0.15, -0.1) is 0 Å². The van der Waals surface area contributed by atoms with E-state index < -0.39 is 5.82 Å². The topological polar surface area (TPSA) is 33.0 Å². The summed E-state index contributed by atoms with van der Waals surface area (Å²) >= 11 is 0. The van der Waals surface area contributed by atoms with E-state index in [2.05, 4.69) is 0 Å². The van der Waals surface area contributed by atoms with Crippen molar-refractivity contribution in [2.75, 3.05) is 7.11 Å². The fourth-order valence-electron chi connectivity index (χ4n) is 2.48. The van der Waals surface area contributed by atoms with E-state index in [1.165, 1.54) is 11.6 Å². The van der Waals surface area contributed by atoms with Crippen LogP contribution in [0.5, 0.6) is 0 Å².